The summed E-state index contributed by atoms with van der Waals surface area (Å²) in [4.78, 5) is 15.6. The van der Waals surface area contributed by atoms with Gasteiger partial charge >= 0.3 is 0 Å². The van der Waals surface area contributed by atoms with Crippen molar-refractivity contribution < 1.29 is 14.3 Å². The van der Waals surface area contributed by atoms with Gasteiger partial charge in [0.15, 0.2) is 0 Å². The van der Waals surface area contributed by atoms with Crippen molar-refractivity contribution in [2.24, 2.45) is 0 Å². The Labute approximate surface area is 154 Å². The monoisotopic (exact) mass is 359 g/mol. The molecule has 0 saturated heterocycles. The summed E-state index contributed by atoms with van der Waals surface area (Å²) in [5, 5.41) is 0. The average molecular weight is 359 g/mol. The van der Waals surface area contributed by atoms with Crippen LogP contribution in [0.4, 0.5) is 0 Å². The van der Waals surface area contributed by atoms with E-state index in [1.54, 1.807) is 36.9 Å². The van der Waals surface area contributed by atoms with Crippen LogP contribution in [0.5, 0.6) is 11.5 Å². The Kier molecular flexibility index (Phi) is 6.76. The molecule has 0 atom stereocenters. The van der Waals surface area contributed by atoms with Gasteiger partial charge in [0, 0.05) is 18.5 Å². The number of hydrogen-bond donors (Lipinski definition) is 0. The number of methoxy groups -OCH3 is 1. The molecule has 134 valence electrons. The van der Waals surface area contributed by atoms with Crippen LogP contribution in [0, 0.1) is 0 Å². The lowest BCUT2D eigenvalue weighted by Gasteiger charge is -2.20. The zero-order valence-electron chi connectivity index (χ0n) is 15.4. The highest BCUT2D eigenvalue weighted by molar-refractivity contribution is 7.98. The van der Waals surface area contributed by atoms with Crippen LogP contribution >= 0.6 is 11.8 Å². The molecule has 25 heavy (non-hydrogen) atoms. The van der Waals surface area contributed by atoms with Crippen LogP contribution in [-0.4, -0.2) is 37.3 Å². The Morgan fingerprint density at radius 1 is 1.16 bits per heavy atom. The van der Waals surface area contributed by atoms with Crippen LogP contribution in [0.25, 0.3) is 0 Å². The van der Waals surface area contributed by atoms with Gasteiger partial charge in [-0.1, -0.05) is 18.2 Å². The molecule has 0 aliphatic carbocycles. The Bertz CT molecular complexity index is 731. The second-order valence-corrected chi connectivity index (χ2v) is 6.86. The fraction of sp³-hybridized carbons (Fsp3) is 0.350. The highest BCUT2D eigenvalue weighted by Crippen LogP contribution is 2.29. The molecule has 2 rings (SSSR count). The van der Waals surface area contributed by atoms with E-state index in [9.17, 15) is 4.79 Å². The first-order valence-electron chi connectivity index (χ1n) is 8.18. The molecule has 0 aliphatic rings. The zero-order valence-corrected chi connectivity index (χ0v) is 16.2. The molecule has 0 radical (unpaired) electrons. The topological polar surface area (TPSA) is 38.8 Å². The van der Waals surface area contributed by atoms with E-state index in [4.69, 9.17) is 9.47 Å². The van der Waals surface area contributed by atoms with Gasteiger partial charge in [-0.3, -0.25) is 4.79 Å². The largest absolute Gasteiger partial charge is 0.496 e. The standard InChI is InChI=1S/C20H25NO3S/c1-14(2)24-17-9-7-6-8-16(17)20(22)21(3)13-15-10-11-19(25-5)18(12-15)23-4/h6-12,14H,13H2,1-5H3. The number of ether oxygens (including phenoxy) is 2. The molecule has 2 aromatic rings. The fourth-order valence-corrected chi connectivity index (χ4v) is 3.08. The number of rotatable bonds is 7. The Balaban J connectivity index is 2.18. The summed E-state index contributed by atoms with van der Waals surface area (Å²) in [6.07, 6.45) is 2.03. The summed E-state index contributed by atoms with van der Waals surface area (Å²) in [6.45, 7) is 4.40. The predicted molar refractivity (Wildman–Crippen MR) is 103 cm³/mol. The van der Waals surface area contributed by atoms with Crippen LogP contribution in [0.15, 0.2) is 47.4 Å². The van der Waals surface area contributed by atoms with E-state index in [0.29, 0.717) is 17.9 Å². The van der Waals surface area contributed by atoms with Gasteiger partial charge in [-0.2, -0.15) is 0 Å². The zero-order chi connectivity index (χ0) is 18.4. The Morgan fingerprint density at radius 3 is 2.52 bits per heavy atom. The Hall–Kier alpha value is -2.14. The minimum atomic E-state index is -0.0656. The third kappa shape index (κ3) is 4.92. The normalized spacial score (nSPS) is 10.6. The molecule has 0 bridgehead atoms. The lowest BCUT2D eigenvalue weighted by Crippen LogP contribution is -2.27. The fourth-order valence-electron chi connectivity index (χ4n) is 2.53. The summed E-state index contributed by atoms with van der Waals surface area (Å²) in [5.41, 5.74) is 1.60. The second-order valence-electron chi connectivity index (χ2n) is 6.01. The van der Waals surface area contributed by atoms with Crippen molar-refractivity contribution in [1.82, 2.24) is 4.90 Å². The Morgan fingerprint density at radius 2 is 1.88 bits per heavy atom. The smallest absolute Gasteiger partial charge is 0.257 e. The van der Waals surface area contributed by atoms with Crippen LogP contribution < -0.4 is 9.47 Å². The molecule has 0 N–H and O–H groups in total. The maximum absolute atomic E-state index is 12.8. The first kappa shape index (κ1) is 19.2. The minimum absolute atomic E-state index is 0.0163. The van der Waals surface area contributed by atoms with Gasteiger partial charge in [-0.05, 0) is 49.9 Å². The maximum Gasteiger partial charge on any atom is 0.257 e. The second kappa shape index (κ2) is 8.81. The number of amides is 1. The minimum Gasteiger partial charge on any atom is -0.496 e. The molecule has 4 nitrogen and oxygen atoms in total. The first-order chi connectivity index (χ1) is 12.0. The molecule has 0 saturated carbocycles. The van der Waals surface area contributed by atoms with Crippen molar-refractivity contribution in [2.45, 2.75) is 31.4 Å². The highest BCUT2D eigenvalue weighted by Gasteiger charge is 2.18. The number of hydrogen-bond acceptors (Lipinski definition) is 4. The lowest BCUT2D eigenvalue weighted by molar-refractivity contribution is 0.0778. The van der Waals surface area contributed by atoms with Crippen molar-refractivity contribution >= 4 is 17.7 Å². The lowest BCUT2D eigenvalue weighted by atomic mass is 10.1. The number of thioether (sulfide) groups is 1. The molecule has 0 aromatic heterocycles. The molecule has 0 unspecified atom stereocenters. The summed E-state index contributed by atoms with van der Waals surface area (Å²) in [6, 6.07) is 13.4. The van der Waals surface area contributed by atoms with E-state index in [1.807, 2.05) is 56.5 Å². The molecule has 1 amide bonds. The van der Waals surface area contributed by atoms with Crippen LogP contribution in [0.3, 0.4) is 0 Å². The van der Waals surface area contributed by atoms with Gasteiger partial charge in [0.2, 0.25) is 0 Å². The molecule has 0 spiro atoms. The molecular weight excluding hydrogens is 334 g/mol. The molecular formula is C20H25NO3S. The van der Waals surface area contributed by atoms with Crippen molar-refractivity contribution in [3.8, 4) is 11.5 Å². The maximum atomic E-state index is 12.8. The van der Waals surface area contributed by atoms with E-state index in [-0.39, 0.29) is 12.0 Å². The first-order valence-corrected chi connectivity index (χ1v) is 9.40. The molecule has 5 heteroatoms. The van der Waals surface area contributed by atoms with Crippen LogP contribution in [0.2, 0.25) is 0 Å². The number of carbonyl (C=O) groups is 1. The van der Waals surface area contributed by atoms with Gasteiger partial charge in [0.1, 0.15) is 11.5 Å². The van der Waals surface area contributed by atoms with E-state index in [2.05, 4.69) is 0 Å². The van der Waals surface area contributed by atoms with Gasteiger partial charge in [-0.15, -0.1) is 11.8 Å². The van der Waals surface area contributed by atoms with Crippen molar-refractivity contribution in [1.29, 1.82) is 0 Å². The van der Waals surface area contributed by atoms with Gasteiger partial charge in [0.25, 0.3) is 5.91 Å². The van der Waals surface area contributed by atoms with Crippen molar-refractivity contribution in [3.63, 3.8) is 0 Å². The number of para-hydroxylation sites is 1. The molecule has 0 fully saturated rings. The van der Waals surface area contributed by atoms with Crippen LogP contribution in [0.1, 0.15) is 29.8 Å². The predicted octanol–water partition coefficient (Wildman–Crippen LogP) is 4.48. The van der Waals surface area contributed by atoms with E-state index in [0.717, 1.165) is 16.2 Å². The quantitative estimate of drug-likeness (QED) is 0.684. The summed E-state index contributed by atoms with van der Waals surface area (Å²) in [5.74, 6) is 1.38. The SMILES string of the molecule is COc1cc(CN(C)C(=O)c2ccccc2OC(C)C)ccc1SC. The van der Waals surface area contributed by atoms with Crippen molar-refractivity contribution in [3.05, 3.63) is 53.6 Å². The molecule has 0 aliphatic heterocycles. The summed E-state index contributed by atoms with van der Waals surface area (Å²) >= 11 is 1.64. The molecule has 0 heterocycles. The number of nitrogens with zero attached hydrogens (tertiary/aromatic N) is 1. The number of benzene rings is 2. The van der Waals surface area contributed by atoms with Gasteiger partial charge in [-0.25, -0.2) is 0 Å². The van der Waals surface area contributed by atoms with E-state index >= 15 is 0 Å². The number of carbonyl (C=O) groups excluding carboxylic acids is 1. The van der Waals surface area contributed by atoms with Crippen LogP contribution in [-0.2, 0) is 6.54 Å². The van der Waals surface area contributed by atoms with Crippen molar-refractivity contribution in [2.75, 3.05) is 20.4 Å². The van der Waals surface area contributed by atoms with E-state index in [1.165, 1.54) is 0 Å². The average Bonchev–Trinajstić information content (AvgIpc) is 2.60. The summed E-state index contributed by atoms with van der Waals surface area (Å²) in [7, 11) is 3.46. The highest BCUT2D eigenvalue weighted by atomic mass is 32.2. The van der Waals surface area contributed by atoms with E-state index < -0.39 is 0 Å². The van der Waals surface area contributed by atoms with Gasteiger partial charge in [0.05, 0.1) is 18.8 Å². The third-order valence-electron chi connectivity index (χ3n) is 3.69. The summed E-state index contributed by atoms with van der Waals surface area (Å²) < 4.78 is 11.2. The van der Waals surface area contributed by atoms with Gasteiger partial charge < -0.3 is 14.4 Å². The molecule has 2 aromatic carbocycles. The third-order valence-corrected chi connectivity index (χ3v) is 4.47.